The Morgan fingerprint density at radius 2 is 1.69 bits per heavy atom. The van der Waals surface area contributed by atoms with Crippen LogP contribution in [-0.4, -0.2) is 60.5 Å². The van der Waals surface area contributed by atoms with Crippen molar-refractivity contribution in [2.24, 2.45) is 5.41 Å². The molecule has 1 unspecified atom stereocenters. The van der Waals surface area contributed by atoms with Gasteiger partial charge in [0.15, 0.2) is 0 Å². The van der Waals surface area contributed by atoms with Crippen molar-refractivity contribution < 1.29 is 28.9 Å². The SMILES string of the molecule is CCOC(=O)C1(NC(=O)C2(Cc3ccc(N(CCO)CCO)cc3)CC2)C[C@H]1c1ccc(F)cc1. The molecule has 7 nitrogen and oxygen atoms in total. The van der Waals surface area contributed by atoms with E-state index in [2.05, 4.69) is 5.32 Å². The van der Waals surface area contributed by atoms with Gasteiger partial charge >= 0.3 is 5.97 Å². The molecule has 188 valence electrons. The highest BCUT2D eigenvalue weighted by atomic mass is 19.1. The third-order valence-electron chi connectivity index (χ3n) is 7.13. The average molecular weight is 485 g/mol. The maximum atomic E-state index is 13.4. The molecule has 0 radical (unpaired) electrons. The molecule has 2 atom stereocenters. The summed E-state index contributed by atoms with van der Waals surface area (Å²) in [7, 11) is 0. The summed E-state index contributed by atoms with van der Waals surface area (Å²) in [5.41, 5.74) is 1.03. The Labute approximate surface area is 204 Å². The molecule has 3 N–H and O–H groups in total. The van der Waals surface area contributed by atoms with Crippen molar-refractivity contribution >= 4 is 17.6 Å². The molecule has 0 bridgehead atoms. The van der Waals surface area contributed by atoms with Crippen molar-refractivity contribution in [2.45, 2.75) is 44.1 Å². The molecule has 0 heterocycles. The van der Waals surface area contributed by atoms with Gasteiger partial charge in [-0.3, -0.25) is 4.79 Å². The molecule has 4 rings (SSSR count). The van der Waals surface area contributed by atoms with Crippen LogP contribution in [0.3, 0.4) is 0 Å². The highest BCUT2D eigenvalue weighted by Gasteiger charge is 2.65. The van der Waals surface area contributed by atoms with Crippen molar-refractivity contribution in [2.75, 3.05) is 37.8 Å². The molecule has 0 saturated heterocycles. The fourth-order valence-corrected chi connectivity index (χ4v) is 4.83. The second kappa shape index (κ2) is 10.3. The number of carbonyl (C=O) groups is 2. The molecule has 2 aliphatic rings. The Bertz CT molecular complexity index is 1030. The molecule has 0 spiro atoms. The Kier molecular flexibility index (Phi) is 7.42. The zero-order valence-electron chi connectivity index (χ0n) is 20.0. The lowest BCUT2D eigenvalue weighted by molar-refractivity contribution is -0.149. The maximum absolute atomic E-state index is 13.4. The van der Waals surface area contributed by atoms with Crippen LogP contribution in [0.1, 0.15) is 43.2 Å². The van der Waals surface area contributed by atoms with Crippen molar-refractivity contribution in [3.05, 3.63) is 65.5 Å². The first kappa shape index (κ1) is 25.1. The van der Waals surface area contributed by atoms with E-state index in [9.17, 15) is 24.2 Å². The lowest BCUT2D eigenvalue weighted by Gasteiger charge is -2.24. The summed E-state index contributed by atoms with van der Waals surface area (Å²) >= 11 is 0. The predicted molar refractivity (Wildman–Crippen MR) is 129 cm³/mol. The number of hydrogen-bond acceptors (Lipinski definition) is 6. The molecular formula is C27H33FN2O5. The molecule has 0 aliphatic heterocycles. The van der Waals surface area contributed by atoms with Crippen LogP contribution < -0.4 is 10.2 Å². The van der Waals surface area contributed by atoms with E-state index in [1.165, 1.54) is 12.1 Å². The molecule has 1 amide bonds. The van der Waals surface area contributed by atoms with E-state index in [-0.39, 0.29) is 37.5 Å². The number of nitrogens with zero attached hydrogens (tertiary/aromatic N) is 1. The van der Waals surface area contributed by atoms with Crippen LogP contribution in [0.5, 0.6) is 0 Å². The number of amides is 1. The molecule has 2 aromatic carbocycles. The van der Waals surface area contributed by atoms with Crippen LogP contribution in [0, 0.1) is 11.2 Å². The fourth-order valence-electron chi connectivity index (χ4n) is 4.83. The summed E-state index contributed by atoms with van der Waals surface area (Å²) in [4.78, 5) is 28.2. The monoisotopic (exact) mass is 484 g/mol. The van der Waals surface area contributed by atoms with Crippen molar-refractivity contribution in [1.82, 2.24) is 5.32 Å². The largest absolute Gasteiger partial charge is 0.464 e. The number of aliphatic hydroxyl groups excluding tert-OH is 2. The zero-order valence-corrected chi connectivity index (χ0v) is 20.0. The van der Waals surface area contributed by atoms with E-state index in [0.717, 1.165) is 29.7 Å². The van der Waals surface area contributed by atoms with Gasteiger partial charge in [-0.15, -0.1) is 0 Å². The standard InChI is InChI=1S/C27H33FN2O5/c1-2-35-25(34)27(18-23(27)20-5-7-21(28)8-6-20)29-24(33)26(11-12-26)17-19-3-9-22(10-4-19)30(13-15-31)14-16-32/h3-10,23,31-32H,2,11-18H2,1H3,(H,29,33)/t23-,27?/m0/s1. The molecule has 0 aromatic heterocycles. The number of anilines is 1. The average Bonchev–Trinajstić information content (AvgIpc) is 3.77. The van der Waals surface area contributed by atoms with E-state index in [1.54, 1.807) is 19.1 Å². The lowest BCUT2D eigenvalue weighted by atomic mass is 9.94. The van der Waals surface area contributed by atoms with Gasteiger partial charge in [-0.1, -0.05) is 24.3 Å². The van der Waals surface area contributed by atoms with E-state index < -0.39 is 16.9 Å². The Hall–Kier alpha value is -2.97. The first-order valence-corrected chi connectivity index (χ1v) is 12.2. The minimum Gasteiger partial charge on any atom is -0.464 e. The van der Waals surface area contributed by atoms with Crippen LogP contribution in [0.4, 0.5) is 10.1 Å². The second-order valence-electron chi connectivity index (χ2n) is 9.51. The normalized spacial score (nSPS) is 21.8. The van der Waals surface area contributed by atoms with Crippen LogP contribution in [0.25, 0.3) is 0 Å². The van der Waals surface area contributed by atoms with E-state index in [1.807, 2.05) is 29.2 Å². The van der Waals surface area contributed by atoms with Gasteiger partial charge in [0.2, 0.25) is 5.91 Å². The second-order valence-corrected chi connectivity index (χ2v) is 9.51. The van der Waals surface area contributed by atoms with Gasteiger partial charge in [0.05, 0.1) is 25.2 Å². The highest BCUT2D eigenvalue weighted by Crippen LogP contribution is 2.55. The minimum atomic E-state index is -1.11. The van der Waals surface area contributed by atoms with Crippen molar-refractivity contribution in [3.8, 4) is 0 Å². The first-order valence-electron chi connectivity index (χ1n) is 12.2. The summed E-state index contributed by atoms with van der Waals surface area (Å²) in [6.07, 6.45) is 2.46. The summed E-state index contributed by atoms with van der Waals surface area (Å²) in [5.74, 6) is -1.19. The van der Waals surface area contributed by atoms with Gasteiger partial charge in [-0.2, -0.15) is 0 Å². The number of ether oxygens (including phenoxy) is 1. The van der Waals surface area contributed by atoms with Gasteiger partial charge < -0.3 is 25.2 Å². The quantitative estimate of drug-likeness (QED) is 0.401. The number of aliphatic hydroxyl groups is 2. The smallest absolute Gasteiger partial charge is 0.332 e. The summed E-state index contributed by atoms with van der Waals surface area (Å²) in [6.45, 7) is 2.79. The third kappa shape index (κ3) is 5.33. The topological polar surface area (TPSA) is 99.1 Å². The lowest BCUT2D eigenvalue weighted by Crippen LogP contribution is -2.49. The molecule has 2 fully saturated rings. The molecule has 2 aliphatic carbocycles. The Morgan fingerprint density at radius 1 is 1.06 bits per heavy atom. The fraction of sp³-hybridized carbons (Fsp3) is 0.481. The summed E-state index contributed by atoms with van der Waals surface area (Å²) in [5, 5.41) is 21.5. The summed E-state index contributed by atoms with van der Waals surface area (Å²) < 4.78 is 18.7. The van der Waals surface area contributed by atoms with Gasteiger partial charge in [0.1, 0.15) is 11.4 Å². The van der Waals surface area contributed by atoms with E-state index >= 15 is 0 Å². The van der Waals surface area contributed by atoms with Gasteiger partial charge in [-0.05, 0) is 68.0 Å². The highest BCUT2D eigenvalue weighted by molar-refractivity contribution is 5.95. The van der Waals surface area contributed by atoms with Gasteiger partial charge in [-0.25, -0.2) is 9.18 Å². The number of nitrogens with one attached hydrogen (secondary N) is 1. The maximum Gasteiger partial charge on any atom is 0.332 e. The van der Waals surface area contributed by atoms with E-state index in [0.29, 0.717) is 25.9 Å². The molecule has 2 aromatic rings. The van der Waals surface area contributed by atoms with Crippen LogP contribution in [-0.2, 0) is 20.7 Å². The predicted octanol–water partition coefficient (Wildman–Crippen LogP) is 2.54. The van der Waals surface area contributed by atoms with Crippen molar-refractivity contribution in [1.29, 1.82) is 0 Å². The number of benzene rings is 2. The minimum absolute atomic E-state index is 0.00777. The number of rotatable bonds is 12. The van der Waals surface area contributed by atoms with Gasteiger partial charge in [0, 0.05) is 24.7 Å². The Morgan fingerprint density at radius 3 is 2.23 bits per heavy atom. The van der Waals surface area contributed by atoms with Crippen LogP contribution >= 0.6 is 0 Å². The molecular weight excluding hydrogens is 451 g/mol. The van der Waals surface area contributed by atoms with Crippen LogP contribution in [0.2, 0.25) is 0 Å². The first-order chi connectivity index (χ1) is 16.9. The molecule has 35 heavy (non-hydrogen) atoms. The number of esters is 1. The number of halogens is 1. The molecule has 8 heteroatoms. The Balaban J connectivity index is 1.46. The number of carbonyl (C=O) groups excluding carboxylic acids is 2. The number of hydrogen-bond donors (Lipinski definition) is 3. The molecule has 2 saturated carbocycles. The van der Waals surface area contributed by atoms with Gasteiger partial charge in [0.25, 0.3) is 0 Å². The van der Waals surface area contributed by atoms with Crippen LogP contribution in [0.15, 0.2) is 48.5 Å². The van der Waals surface area contributed by atoms with E-state index in [4.69, 9.17) is 4.74 Å². The summed E-state index contributed by atoms with van der Waals surface area (Å²) in [6, 6.07) is 13.8. The zero-order chi connectivity index (χ0) is 25.1. The third-order valence-corrected chi connectivity index (χ3v) is 7.13. The van der Waals surface area contributed by atoms with Crippen molar-refractivity contribution in [3.63, 3.8) is 0 Å².